The Kier molecular flexibility index (Phi) is 3.09. The Bertz CT molecular complexity index is 162. The lowest BCUT2D eigenvalue weighted by Gasteiger charge is -2.33. The van der Waals surface area contributed by atoms with E-state index < -0.39 is 5.60 Å². The number of rotatable bonds is 2. The highest BCUT2D eigenvalue weighted by Gasteiger charge is 2.38. The fourth-order valence-electron chi connectivity index (χ4n) is 1.87. The second kappa shape index (κ2) is 3.90. The topological polar surface area (TPSA) is 38.3 Å². The predicted octanol–water partition coefficient (Wildman–Crippen LogP) is 1.08. The van der Waals surface area contributed by atoms with E-state index in [0.29, 0.717) is 0 Å². The van der Waals surface area contributed by atoms with Gasteiger partial charge in [0, 0.05) is 14.2 Å². The van der Waals surface area contributed by atoms with Crippen LogP contribution in [0.25, 0.3) is 0 Å². The Morgan fingerprint density at radius 3 is 2.33 bits per heavy atom. The largest absolute Gasteiger partial charge is 0.368 e. The standard InChI is InChI=1S/C9H17NO2/c1-10-8(11)9(12-2)6-4-3-5-7-9/h3-7H2,1-2H3,(H,10,11). The first-order valence-electron chi connectivity index (χ1n) is 4.52. The predicted molar refractivity (Wildman–Crippen MR) is 46.9 cm³/mol. The molecular weight excluding hydrogens is 154 g/mol. The summed E-state index contributed by atoms with van der Waals surface area (Å²) >= 11 is 0. The molecule has 1 rings (SSSR count). The van der Waals surface area contributed by atoms with Gasteiger partial charge >= 0.3 is 0 Å². The number of methoxy groups -OCH3 is 1. The molecule has 1 fully saturated rings. The van der Waals surface area contributed by atoms with Crippen LogP contribution in [-0.4, -0.2) is 25.7 Å². The van der Waals surface area contributed by atoms with E-state index in [1.807, 2.05) is 0 Å². The van der Waals surface area contributed by atoms with Gasteiger partial charge in [0.15, 0.2) is 0 Å². The molecule has 0 bridgehead atoms. The summed E-state index contributed by atoms with van der Waals surface area (Å²) < 4.78 is 5.32. The van der Waals surface area contributed by atoms with E-state index in [9.17, 15) is 4.79 Å². The summed E-state index contributed by atoms with van der Waals surface area (Å²) in [5, 5.41) is 2.66. The van der Waals surface area contributed by atoms with Crippen molar-refractivity contribution in [3.63, 3.8) is 0 Å². The van der Waals surface area contributed by atoms with E-state index in [1.54, 1.807) is 14.2 Å². The van der Waals surface area contributed by atoms with E-state index in [-0.39, 0.29) is 5.91 Å². The summed E-state index contributed by atoms with van der Waals surface area (Å²) in [6.07, 6.45) is 5.15. The van der Waals surface area contributed by atoms with Crippen molar-refractivity contribution in [2.24, 2.45) is 0 Å². The van der Waals surface area contributed by atoms with E-state index in [0.717, 1.165) is 25.7 Å². The molecule has 0 aromatic heterocycles. The highest BCUT2D eigenvalue weighted by Crippen LogP contribution is 2.30. The van der Waals surface area contributed by atoms with Gasteiger partial charge in [-0.25, -0.2) is 0 Å². The number of hydrogen-bond donors (Lipinski definition) is 1. The van der Waals surface area contributed by atoms with Gasteiger partial charge in [0.25, 0.3) is 5.91 Å². The first-order valence-corrected chi connectivity index (χ1v) is 4.52. The minimum absolute atomic E-state index is 0.0321. The Hall–Kier alpha value is -0.570. The normalized spacial score (nSPS) is 21.8. The van der Waals surface area contributed by atoms with Gasteiger partial charge in [0.05, 0.1) is 0 Å². The van der Waals surface area contributed by atoms with E-state index in [1.165, 1.54) is 6.42 Å². The lowest BCUT2D eigenvalue weighted by molar-refractivity contribution is -0.146. The molecule has 0 saturated heterocycles. The molecule has 0 spiro atoms. The van der Waals surface area contributed by atoms with Crippen LogP contribution in [0.2, 0.25) is 0 Å². The number of carbonyl (C=O) groups is 1. The van der Waals surface area contributed by atoms with Crippen LogP contribution in [0.1, 0.15) is 32.1 Å². The number of likely N-dealkylation sites (N-methyl/N-ethyl adjacent to an activating group) is 1. The van der Waals surface area contributed by atoms with Crippen LogP contribution in [-0.2, 0) is 9.53 Å². The first kappa shape index (κ1) is 9.52. The summed E-state index contributed by atoms with van der Waals surface area (Å²) in [7, 11) is 3.29. The van der Waals surface area contributed by atoms with Crippen molar-refractivity contribution in [2.45, 2.75) is 37.7 Å². The van der Waals surface area contributed by atoms with Crippen LogP contribution in [0.15, 0.2) is 0 Å². The van der Waals surface area contributed by atoms with Crippen LogP contribution in [0.5, 0.6) is 0 Å². The van der Waals surface area contributed by atoms with Gasteiger partial charge in [-0.05, 0) is 12.8 Å². The first-order chi connectivity index (χ1) is 5.75. The molecule has 1 aliphatic carbocycles. The number of hydrogen-bond acceptors (Lipinski definition) is 2. The molecule has 1 N–H and O–H groups in total. The quantitative estimate of drug-likeness (QED) is 0.675. The molecular formula is C9H17NO2. The lowest BCUT2D eigenvalue weighted by Crippen LogP contribution is -2.48. The molecule has 1 amide bonds. The van der Waals surface area contributed by atoms with Crippen molar-refractivity contribution < 1.29 is 9.53 Å². The number of carbonyl (C=O) groups excluding carboxylic acids is 1. The van der Waals surface area contributed by atoms with Crippen molar-refractivity contribution in [1.82, 2.24) is 5.32 Å². The Morgan fingerprint density at radius 2 is 1.92 bits per heavy atom. The van der Waals surface area contributed by atoms with Crippen LogP contribution >= 0.6 is 0 Å². The van der Waals surface area contributed by atoms with Crippen molar-refractivity contribution in [2.75, 3.05) is 14.2 Å². The third-order valence-corrected chi connectivity index (χ3v) is 2.69. The molecule has 70 valence electrons. The molecule has 1 saturated carbocycles. The molecule has 1 aliphatic rings. The van der Waals surface area contributed by atoms with Crippen LogP contribution in [0.3, 0.4) is 0 Å². The molecule has 0 atom stereocenters. The Labute approximate surface area is 73.5 Å². The van der Waals surface area contributed by atoms with E-state index in [4.69, 9.17) is 4.74 Å². The maximum atomic E-state index is 11.5. The molecule has 0 aromatic carbocycles. The highest BCUT2D eigenvalue weighted by atomic mass is 16.5. The average Bonchev–Trinajstić information content (AvgIpc) is 2.17. The molecule has 0 unspecified atom stereocenters. The maximum absolute atomic E-state index is 11.5. The van der Waals surface area contributed by atoms with Gasteiger partial charge in [0.1, 0.15) is 5.60 Å². The fourth-order valence-corrected chi connectivity index (χ4v) is 1.87. The molecule has 0 heterocycles. The van der Waals surface area contributed by atoms with E-state index in [2.05, 4.69) is 5.32 Å². The summed E-state index contributed by atoms with van der Waals surface area (Å²) in [6, 6.07) is 0. The molecule has 12 heavy (non-hydrogen) atoms. The number of nitrogens with one attached hydrogen (secondary N) is 1. The zero-order valence-corrected chi connectivity index (χ0v) is 7.85. The molecule has 0 aliphatic heterocycles. The summed E-state index contributed by atoms with van der Waals surface area (Å²) in [5.74, 6) is 0.0321. The minimum Gasteiger partial charge on any atom is -0.368 e. The average molecular weight is 171 g/mol. The number of amides is 1. The SMILES string of the molecule is CNC(=O)C1(OC)CCCCC1. The third kappa shape index (κ3) is 1.61. The lowest BCUT2D eigenvalue weighted by atomic mass is 9.84. The summed E-state index contributed by atoms with van der Waals surface area (Å²) in [4.78, 5) is 11.5. The zero-order chi connectivity index (χ0) is 9.03. The second-order valence-corrected chi connectivity index (χ2v) is 3.34. The highest BCUT2D eigenvalue weighted by molar-refractivity contribution is 5.85. The molecule has 3 nitrogen and oxygen atoms in total. The monoisotopic (exact) mass is 171 g/mol. The van der Waals surface area contributed by atoms with Crippen LogP contribution in [0, 0.1) is 0 Å². The van der Waals surface area contributed by atoms with E-state index >= 15 is 0 Å². The van der Waals surface area contributed by atoms with Crippen molar-refractivity contribution in [1.29, 1.82) is 0 Å². The molecule has 0 aromatic rings. The van der Waals surface area contributed by atoms with Crippen LogP contribution < -0.4 is 5.32 Å². The van der Waals surface area contributed by atoms with Gasteiger partial charge in [-0.2, -0.15) is 0 Å². The molecule has 0 radical (unpaired) electrons. The maximum Gasteiger partial charge on any atom is 0.251 e. The summed E-state index contributed by atoms with van der Waals surface area (Å²) in [5.41, 5.74) is -0.521. The van der Waals surface area contributed by atoms with Gasteiger partial charge in [-0.15, -0.1) is 0 Å². The third-order valence-electron chi connectivity index (χ3n) is 2.69. The van der Waals surface area contributed by atoms with Crippen molar-refractivity contribution in [3.8, 4) is 0 Å². The van der Waals surface area contributed by atoms with Gasteiger partial charge < -0.3 is 10.1 Å². The van der Waals surface area contributed by atoms with Crippen molar-refractivity contribution in [3.05, 3.63) is 0 Å². The minimum atomic E-state index is -0.521. The van der Waals surface area contributed by atoms with Crippen LogP contribution in [0.4, 0.5) is 0 Å². The van der Waals surface area contributed by atoms with Crippen molar-refractivity contribution >= 4 is 5.91 Å². The smallest absolute Gasteiger partial charge is 0.251 e. The molecule has 3 heteroatoms. The Morgan fingerprint density at radius 1 is 1.33 bits per heavy atom. The summed E-state index contributed by atoms with van der Waals surface area (Å²) in [6.45, 7) is 0. The second-order valence-electron chi connectivity index (χ2n) is 3.34. The fraction of sp³-hybridized carbons (Fsp3) is 0.889. The van der Waals surface area contributed by atoms with Gasteiger partial charge in [-0.1, -0.05) is 19.3 Å². The zero-order valence-electron chi connectivity index (χ0n) is 7.85. The van der Waals surface area contributed by atoms with Gasteiger partial charge in [-0.3, -0.25) is 4.79 Å². The van der Waals surface area contributed by atoms with Gasteiger partial charge in [0.2, 0.25) is 0 Å². The Balaban J connectivity index is 2.66. The number of ether oxygens (including phenoxy) is 1.